The first-order valence-corrected chi connectivity index (χ1v) is 5.16. The molecule has 0 radical (unpaired) electrons. The van der Waals surface area contributed by atoms with Crippen LogP contribution < -0.4 is 0 Å². The van der Waals surface area contributed by atoms with E-state index in [1.807, 2.05) is 5.38 Å². The minimum Gasteiger partial charge on any atom is -0.497 e. The largest absolute Gasteiger partial charge is 0.497 e. The summed E-state index contributed by atoms with van der Waals surface area (Å²) in [6.07, 6.45) is 0. The van der Waals surface area contributed by atoms with Crippen LogP contribution in [-0.4, -0.2) is 7.11 Å². The van der Waals surface area contributed by atoms with Crippen molar-refractivity contribution in [2.45, 2.75) is 0 Å². The first kappa shape index (κ1) is 9.35. The van der Waals surface area contributed by atoms with Crippen molar-refractivity contribution < 1.29 is 4.74 Å². The van der Waals surface area contributed by atoms with Gasteiger partial charge < -0.3 is 4.74 Å². The molecule has 0 saturated heterocycles. The van der Waals surface area contributed by atoms with Crippen molar-refractivity contribution in [1.82, 2.24) is 0 Å². The summed E-state index contributed by atoms with van der Waals surface area (Å²) < 4.78 is 6.09. The molecule has 0 aliphatic heterocycles. The van der Waals surface area contributed by atoms with Crippen LogP contribution in [0, 0.1) is 2.88 Å². The summed E-state index contributed by atoms with van der Waals surface area (Å²) in [5.74, 6) is 0.626. The van der Waals surface area contributed by atoms with E-state index >= 15 is 0 Å². The van der Waals surface area contributed by atoms with Crippen LogP contribution in [0.25, 0.3) is 5.76 Å². The van der Waals surface area contributed by atoms with Crippen LogP contribution in [0.1, 0.15) is 5.56 Å². The van der Waals surface area contributed by atoms with Gasteiger partial charge in [-0.2, -0.15) is 0 Å². The number of halogens is 2. The average molecular weight is 301 g/mol. The fourth-order valence-electron chi connectivity index (χ4n) is 0.660. The number of rotatable bonds is 2. The Bertz CT molecular complexity index is 262. The molecular formula is C7H6ClIOS. The molecule has 4 heteroatoms. The zero-order chi connectivity index (χ0) is 8.43. The van der Waals surface area contributed by atoms with Crippen molar-refractivity contribution in [1.29, 1.82) is 0 Å². The summed E-state index contributed by atoms with van der Waals surface area (Å²) in [5, 5.41) is 2.59. The van der Waals surface area contributed by atoms with Crippen LogP contribution in [0.5, 0.6) is 0 Å². The normalized spacial score (nSPS) is 9.73. The van der Waals surface area contributed by atoms with Crippen molar-refractivity contribution in [2.75, 3.05) is 7.11 Å². The van der Waals surface area contributed by atoms with E-state index in [4.69, 9.17) is 16.3 Å². The molecule has 0 aliphatic rings. The third kappa shape index (κ3) is 1.89. The van der Waals surface area contributed by atoms with E-state index in [9.17, 15) is 0 Å². The smallest absolute Gasteiger partial charge is 0.122 e. The minimum atomic E-state index is 0.626. The van der Waals surface area contributed by atoms with Gasteiger partial charge in [0.25, 0.3) is 0 Å². The molecule has 1 heterocycles. The van der Waals surface area contributed by atoms with Crippen LogP contribution >= 0.6 is 45.5 Å². The van der Waals surface area contributed by atoms with Gasteiger partial charge in [0, 0.05) is 5.38 Å². The Labute approximate surface area is 88.2 Å². The molecule has 0 amide bonds. The fourth-order valence-corrected chi connectivity index (χ4v) is 2.85. The van der Waals surface area contributed by atoms with Gasteiger partial charge in [0.15, 0.2) is 0 Å². The van der Waals surface area contributed by atoms with E-state index in [0.717, 1.165) is 8.45 Å². The van der Waals surface area contributed by atoms with Gasteiger partial charge in [-0.1, -0.05) is 18.2 Å². The second kappa shape index (κ2) is 3.78. The third-order valence-electron chi connectivity index (χ3n) is 1.23. The predicted molar refractivity (Wildman–Crippen MR) is 58.1 cm³/mol. The lowest BCUT2D eigenvalue weighted by molar-refractivity contribution is 0.371. The molecule has 0 aliphatic carbocycles. The number of hydrogen-bond acceptors (Lipinski definition) is 2. The molecule has 1 aromatic heterocycles. The molecule has 0 unspecified atom stereocenters. The Morgan fingerprint density at radius 3 is 2.82 bits per heavy atom. The topological polar surface area (TPSA) is 9.23 Å². The molecule has 0 spiro atoms. The van der Waals surface area contributed by atoms with Crippen LogP contribution in [0.3, 0.4) is 0 Å². The van der Waals surface area contributed by atoms with Gasteiger partial charge in [0.05, 0.1) is 20.6 Å². The van der Waals surface area contributed by atoms with E-state index in [0.29, 0.717) is 10.8 Å². The van der Waals surface area contributed by atoms with Gasteiger partial charge in [-0.15, -0.1) is 11.3 Å². The average Bonchev–Trinajstić information content (AvgIpc) is 2.30. The first-order chi connectivity index (χ1) is 5.16. The molecule has 0 fully saturated rings. The second-order valence-electron chi connectivity index (χ2n) is 1.86. The zero-order valence-corrected chi connectivity index (χ0v) is 9.59. The molecule has 0 saturated carbocycles. The summed E-state index contributed by atoms with van der Waals surface area (Å²) in [7, 11) is 1.59. The quantitative estimate of drug-likeness (QED) is 0.599. The van der Waals surface area contributed by atoms with Gasteiger partial charge in [-0.3, -0.25) is 0 Å². The Morgan fingerprint density at radius 1 is 1.82 bits per heavy atom. The second-order valence-corrected chi connectivity index (χ2v) is 4.96. The van der Waals surface area contributed by atoms with Crippen molar-refractivity contribution in [3.8, 4) is 0 Å². The Hall–Kier alpha value is 0.260. The Balaban J connectivity index is 3.10. The maximum Gasteiger partial charge on any atom is 0.122 e. The molecule has 0 atom stereocenters. The first-order valence-electron chi connectivity index (χ1n) is 2.82. The predicted octanol–water partition coefficient (Wildman–Crippen LogP) is 3.62. The molecule has 1 aromatic rings. The molecule has 11 heavy (non-hydrogen) atoms. The van der Waals surface area contributed by atoms with Gasteiger partial charge >= 0.3 is 0 Å². The monoisotopic (exact) mass is 300 g/mol. The number of methoxy groups -OCH3 is 1. The van der Waals surface area contributed by atoms with Gasteiger partial charge in [0.2, 0.25) is 0 Å². The number of hydrogen-bond donors (Lipinski definition) is 0. The van der Waals surface area contributed by atoms with Crippen molar-refractivity contribution >= 4 is 51.3 Å². The van der Waals surface area contributed by atoms with E-state index in [-0.39, 0.29) is 0 Å². The van der Waals surface area contributed by atoms with Crippen molar-refractivity contribution in [2.24, 2.45) is 0 Å². The lowest BCUT2D eigenvalue weighted by Gasteiger charge is -2.02. The lowest BCUT2D eigenvalue weighted by Crippen LogP contribution is -1.84. The third-order valence-corrected chi connectivity index (χ3v) is 3.72. The molecule has 1 nitrogen and oxygen atoms in total. The maximum atomic E-state index is 5.88. The van der Waals surface area contributed by atoms with Crippen LogP contribution in [0.4, 0.5) is 0 Å². The maximum absolute atomic E-state index is 5.88. The highest BCUT2D eigenvalue weighted by Gasteiger charge is 2.10. The molecule has 0 aromatic carbocycles. The zero-order valence-electron chi connectivity index (χ0n) is 5.86. The van der Waals surface area contributed by atoms with Crippen LogP contribution in [0.2, 0.25) is 5.02 Å². The van der Waals surface area contributed by atoms with E-state index in [2.05, 4.69) is 29.2 Å². The van der Waals surface area contributed by atoms with Gasteiger partial charge in [0.1, 0.15) is 5.76 Å². The summed E-state index contributed by atoms with van der Waals surface area (Å²) in [5.41, 5.74) is 0.916. The molecule has 1 rings (SSSR count). The van der Waals surface area contributed by atoms with Crippen molar-refractivity contribution in [3.63, 3.8) is 0 Å². The van der Waals surface area contributed by atoms with E-state index < -0.39 is 0 Å². The molecular weight excluding hydrogens is 294 g/mol. The van der Waals surface area contributed by atoms with E-state index in [1.54, 1.807) is 18.4 Å². The fraction of sp³-hybridized carbons (Fsp3) is 0.143. The minimum absolute atomic E-state index is 0.626. The summed E-state index contributed by atoms with van der Waals surface area (Å²) in [6.45, 7) is 3.73. The number of ether oxygens (including phenoxy) is 1. The lowest BCUT2D eigenvalue weighted by atomic mass is 10.3. The summed E-state index contributed by atoms with van der Waals surface area (Å²) in [4.78, 5) is 0. The number of thiophene rings is 1. The molecule has 0 bridgehead atoms. The van der Waals surface area contributed by atoms with Gasteiger partial charge in [-0.25, -0.2) is 0 Å². The standard InChI is InChI=1S/C7H6ClIOS/c1-4(10-2)6-5(8)3-11-7(6)9/h3H,1H2,2H3. The highest BCUT2D eigenvalue weighted by molar-refractivity contribution is 14.1. The van der Waals surface area contributed by atoms with E-state index in [1.165, 1.54) is 0 Å². The Kier molecular flexibility index (Phi) is 3.21. The highest BCUT2D eigenvalue weighted by Crippen LogP contribution is 2.33. The van der Waals surface area contributed by atoms with Crippen molar-refractivity contribution in [3.05, 3.63) is 25.4 Å². The summed E-state index contributed by atoms with van der Waals surface area (Å²) in [6, 6.07) is 0. The van der Waals surface area contributed by atoms with Crippen LogP contribution in [0.15, 0.2) is 12.0 Å². The highest BCUT2D eigenvalue weighted by atomic mass is 127. The molecule has 60 valence electrons. The van der Waals surface area contributed by atoms with Gasteiger partial charge in [-0.05, 0) is 22.6 Å². The van der Waals surface area contributed by atoms with Crippen LogP contribution in [-0.2, 0) is 4.74 Å². The molecule has 0 N–H and O–H groups in total. The Morgan fingerprint density at radius 2 is 2.45 bits per heavy atom. The SMILES string of the molecule is C=C(OC)c1c(Cl)csc1I. The summed E-state index contributed by atoms with van der Waals surface area (Å²) >= 11 is 9.69.